The van der Waals surface area contributed by atoms with Gasteiger partial charge in [-0.1, -0.05) is 6.07 Å². The lowest BCUT2D eigenvalue weighted by Gasteiger charge is -2.33. The molecule has 8 heteroatoms. The summed E-state index contributed by atoms with van der Waals surface area (Å²) in [6.45, 7) is 3.91. The van der Waals surface area contributed by atoms with Crippen LogP contribution in [0.15, 0.2) is 23.1 Å². The van der Waals surface area contributed by atoms with Crippen molar-refractivity contribution in [2.75, 3.05) is 30.8 Å². The van der Waals surface area contributed by atoms with Crippen molar-refractivity contribution in [3.63, 3.8) is 0 Å². The fourth-order valence-electron chi connectivity index (χ4n) is 2.40. The number of piperazine rings is 1. The highest BCUT2D eigenvalue weighted by atomic mass is 32.2. The molecule has 0 amide bonds. The molecule has 7 nitrogen and oxygen atoms in total. The summed E-state index contributed by atoms with van der Waals surface area (Å²) < 4.78 is 23.4. The zero-order valence-electron chi connectivity index (χ0n) is 11.4. The van der Waals surface area contributed by atoms with Crippen LogP contribution >= 0.6 is 0 Å². The van der Waals surface area contributed by atoms with E-state index in [-0.39, 0.29) is 16.6 Å². The number of nitrogens with zero attached hydrogens (tertiary/aromatic N) is 2. The maximum Gasteiger partial charge on any atom is 0.311 e. The van der Waals surface area contributed by atoms with Gasteiger partial charge < -0.3 is 10.2 Å². The molecule has 1 aromatic carbocycles. The number of benzene rings is 1. The van der Waals surface area contributed by atoms with E-state index in [0.717, 1.165) is 6.26 Å². The third-order valence-corrected chi connectivity index (χ3v) is 4.40. The van der Waals surface area contributed by atoms with Gasteiger partial charge >= 0.3 is 5.69 Å². The molecule has 1 aliphatic rings. The second-order valence-corrected chi connectivity index (χ2v) is 6.94. The fraction of sp³-hybridized carbons (Fsp3) is 0.500. The zero-order valence-corrected chi connectivity index (χ0v) is 12.2. The molecular formula is C12H17N3O4S. The minimum atomic E-state index is -3.64. The minimum absolute atomic E-state index is 0.199. The molecule has 1 atom stereocenters. The third kappa shape index (κ3) is 2.91. The molecule has 0 saturated carbocycles. The standard InChI is InChI=1S/C12H17N3O4S/c1-9-8-14(7-6-13-9)10-4-3-5-11(20(2,18)19)12(10)15(16)17/h3-5,9,13H,6-8H2,1-2H3. The molecule has 1 aromatic rings. The largest absolute Gasteiger partial charge is 0.363 e. The van der Waals surface area contributed by atoms with E-state index in [0.29, 0.717) is 25.3 Å². The van der Waals surface area contributed by atoms with Gasteiger partial charge in [-0.15, -0.1) is 0 Å². The Labute approximate surface area is 117 Å². The Kier molecular flexibility index (Phi) is 3.96. The van der Waals surface area contributed by atoms with Gasteiger partial charge in [-0.2, -0.15) is 0 Å². The second kappa shape index (κ2) is 5.37. The monoisotopic (exact) mass is 299 g/mol. The molecule has 0 aromatic heterocycles. The Bertz CT molecular complexity index is 630. The van der Waals surface area contributed by atoms with Gasteiger partial charge in [0.15, 0.2) is 9.84 Å². The molecule has 1 N–H and O–H groups in total. The first-order valence-electron chi connectivity index (χ1n) is 6.26. The number of hydrogen-bond acceptors (Lipinski definition) is 6. The molecule has 1 fully saturated rings. The van der Waals surface area contributed by atoms with Crippen LogP contribution in [0.5, 0.6) is 0 Å². The van der Waals surface area contributed by atoms with Gasteiger partial charge in [0, 0.05) is 31.9 Å². The van der Waals surface area contributed by atoms with Crippen molar-refractivity contribution in [3.05, 3.63) is 28.3 Å². The Hall–Kier alpha value is -1.67. The van der Waals surface area contributed by atoms with E-state index >= 15 is 0 Å². The van der Waals surface area contributed by atoms with Crippen molar-refractivity contribution in [2.45, 2.75) is 17.9 Å². The highest BCUT2D eigenvalue weighted by Gasteiger charge is 2.30. The SMILES string of the molecule is CC1CN(c2cccc(S(C)(=O)=O)c2[N+](=O)[O-])CCN1. The molecule has 0 spiro atoms. The maximum atomic E-state index is 11.7. The first kappa shape index (κ1) is 14.7. The Morgan fingerprint density at radius 1 is 1.45 bits per heavy atom. The number of anilines is 1. The number of sulfone groups is 1. The molecule has 20 heavy (non-hydrogen) atoms. The molecule has 2 rings (SSSR count). The molecular weight excluding hydrogens is 282 g/mol. The lowest BCUT2D eigenvalue weighted by Crippen LogP contribution is -2.49. The first-order chi connectivity index (χ1) is 9.30. The van der Waals surface area contributed by atoms with Gasteiger partial charge in [-0.05, 0) is 19.1 Å². The number of nitro benzene ring substituents is 1. The van der Waals surface area contributed by atoms with E-state index < -0.39 is 14.8 Å². The third-order valence-electron chi connectivity index (χ3n) is 3.27. The summed E-state index contributed by atoms with van der Waals surface area (Å²) in [5.41, 5.74) is 0.0374. The topological polar surface area (TPSA) is 92.5 Å². The van der Waals surface area contributed by atoms with E-state index in [4.69, 9.17) is 0 Å². The highest BCUT2D eigenvalue weighted by molar-refractivity contribution is 7.90. The van der Waals surface area contributed by atoms with Crippen molar-refractivity contribution < 1.29 is 13.3 Å². The van der Waals surface area contributed by atoms with Crippen LogP contribution in [0, 0.1) is 10.1 Å². The Morgan fingerprint density at radius 3 is 2.70 bits per heavy atom. The van der Waals surface area contributed by atoms with Crippen molar-refractivity contribution in [1.82, 2.24) is 5.32 Å². The lowest BCUT2D eigenvalue weighted by atomic mass is 10.2. The van der Waals surface area contributed by atoms with Gasteiger partial charge in [0.2, 0.25) is 0 Å². The average Bonchev–Trinajstić information content (AvgIpc) is 2.36. The smallest absolute Gasteiger partial charge is 0.311 e. The van der Waals surface area contributed by atoms with Crippen LogP contribution in [0.3, 0.4) is 0 Å². The molecule has 1 aliphatic heterocycles. The van der Waals surface area contributed by atoms with E-state index in [1.54, 1.807) is 12.1 Å². The van der Waals surface area contributed by atoms with Gasteiger partial charge in [-0.25, -0.2) is 8.42 Å². The van der Waals surface area contributed by atoms with Crippen molar-refractivity contribution in [3.8, 4) is 0 Å². The highest BCUT2D eigenvalue weighted by Crippen LogP contribution is 2.34. The zero-order chi connectivity index (χ0) is 14.9. The summed E-state index contributed by atoms with van der Waals surface area (Å²) >= 11 is 0. The van der Waals surface area contributed by atoms with E-state index in [9.17, 15) is 18.5 Å². The van der Waals surface area contributed by atoms with Crippen LogP contribution < -0.4 is 10.2 Å². The fourth-order valence-corrected chi connectivity index (χ4v) is 3.26. The summed E-state index contributed by atoms with van der Waals surface area (Å²) in [5.74, 6) is 0. The molecule has 0 aliphatic carbocycles. The molecule has 1 heterocycles. The summed E-state index contributed by atoms with van der Waals surface area (Å²) in [6.07, 6.45) is 0.986. The number of rotatable bonds is 3. The summed E-state index contributed by atoms with van der Waals surface area (Å²) in [5, 5.41) is 14.6. The van der Waals surface area contributed by atoms with Crippen molar-refractivity contribution in [2.24, 2.45) is 0 Å². The lowest BCUT2D eigenvalue weighted by molar-refractivity contribution is -0.387. The molecule has 1 saturated heterocycles. The quantitative estimate of drug-likeness (QED) is 0.655. The molecule has 1 unspecified atom stereocenters. The van der Waals surface area contributed by atoms with Crippen molar-refractivity contribution in [1.29, 1.82) is 0 Å². The van der Waals surface area contributed by atoms with Gasteiger partial charge in [0.25, 0.3) is 0 Å². The predicted molar refractivity (Wildman–Crippen MR) is 75.9 cm³/mol. The van der Waals surface area contributed by atoms with E-state index in [1.165, 1.54) is 6.07 Å². The molecule has 0 bridgehead atoms. The van der Waals surface area contributed by atoms with Crippen molar-refractivity contribution >= 4 is 21.2 Å². The van der Waals surface area contributed by atoms with Crippen LogP contribution in [-0.4, -0.2) is 45.3 Å². The number of para-hydroxylation sites is 1. The van der Waals surface area contributed by atoms with E-state index in [2.05, 4.69) is 5.32 Å². The maximum absolute atomic E-state index is 11.7. The van der Waals surface area contributed by atoms with Gasteiger partial charge in [0.05, 0.1) is 4.92 Å². The number of nitro groups is 1. The van der Waals surface area contributed by atoms with E-state index in [1.807, 2.05) is 11.8 Å². The van der Waals surface area contributed by atoms with Crippen LogP contribution in [0.25, 0.3) is 0 Å². The van der Waals surface area contributed by atoms with Crippen LogP contribution in [0.1, 0.15) is 6.92 Å². The normalized spacial score (nSPS) is 19.9. The minimum Gasteiger partial charge on any atom is -0.363 e. The first-order valence-corrected chi connectivity index (χ1v) is 8.15. The number of hydrogen-bond donors (Lipinski definition) is 1. The summed E-state index contributed by atoms with van der Waals surface area (Å²) in [7, 11) is -3.64. The molecule has 110 valence electrons. The average molecular weight is 299 g/mol. The Balaban J connectivity index is 2.56. The van der Waals surface area contributed by atoms with Gasteiger partial charge in [-0.3, -0.25) is 10.1 Å². The van der Waals surface area contributed by atoms with Crippen LogP contribution in [0.2, 0.25) is 0 Å². The second-order valence-electron chi connectivity index (χ2n) is 4.95. The van der Waals surface area contributed by atoms with Crippen LogP contribution in [0.4, 0.5) is 11.4 Å². The van der Waals surface area contributed by atoms with Crippen LogP contribution in [-0.2, 0) is 9.84 Å². The summed E-state index contributed by atoms with van der Waals surface area (Å²) in [4.78, 5) is 12.3. The molecule has 0 radical (unpaired) electrons. The number of nitrogens with one attached hydrogen (secondary N) is 1. The predicted octanol–water partition coefficient (Wildman–Crippen LogP) is 0.796. The Morgan fingerprint density at radius 2 is 2.15 bits per heavy atom. The van der Waals surface area contributed by atoms with Gasteiger partial charge in [0.1, 0.15) is 10.6 Å². The summed E-state index contributed by atoms with van der Waals surface area (Å²) in [6, 6.07) is 4.63.